The van der Waals surface area contributed by atoms with E-state index in [2.05, 4.69) is 25.3 Å². The van der Waals surface area contributed by atoms with Crippen molar-refractivity contribution in [3.63, 3.8) is 0 Å². The van der Waals surface area contributed by atoms with Gasteiger partial charge in [-0.15, -0.1) is 0 Å². The van der Waals surface area contributed by atoms with Gasteiger partial charge in [-0.05, 0) is 12.1 Å². The van der Waals surface area contributed by atoms with E-state index in [-0.39, 0.29) is 16.6 Å². The summed E-state index contributed by atoms with van der Waals surface area (Å²) in [6.45, 7) is 0. The van der Waals surface area contributed by atoms with Crippen LogP contribution in [0.2, 0.25) is 0 Å². The van der Waals surface area contributed by atoms with E-state index in [4.69, 9.17) is 4.74 Å². The molecule has 1 aromatic carbocycles. The molecule has 0 radical (unpaired) electrons. The molecule has 10 nitrogen and oxygen atoms in total. The van der Waals surface area contributed by atoms with Crippen LogP contribution in [0, 0.1) is 0 Å². The van der Waals surface area contributed by atoms with Crippen molar-refractivity contribution in [1.82, 2.24) is 29.8 Å². The number of methoxy groups -OCH3 is 1. The number of nitrogens with zero attached hydrogens (tertiary/aromatic N) is 3. The number of H-pyrrole nitrogens is 2. The molecule has 0 fully saturated rings. The van der Waals surface area contributed by atoms with E-state index in [9.17, 15) is 14.4 Å². The first-order valence-corrected chi connectivity index (χ1v) is 9.01. The van der Waals surface area contributed by atoms with Crippen molar-refractivity contribution in [3.8, 4) is 5.75 Å². The number of hydrogen-bond donors (Lipinski definition) is 3. The van der Waals surface area contributed by atoms with E-state index in [1.807, 2.05) is 25.2 Å². The molecule has 0 spiro atoms. The minimum atomic E-state index is -0.664. The van der Waals surface area contributed by atoms with Gasteiger partial charge in [-0.3, -0.25) is 19.6 Å². The molecule has 3 N–H and O–H groups in total. The van der Waals surface area contributed by atoms with Gasteiger partial charge in [-0.25, -0.2) is 14.8 Å². The highest BCUT2D eigenvalue weighted by Gasteiger charge is 2.24. The number of nitrogens with one attached hydrogen (secondary N) is 3. The maximum atomic E-state index is 13.0. The third-order valence-corrected chi connectivity index (χ3v) is 4.70. The van der Waals surface area contributed by atoms with Gasteiger partial charge in [0.1, 0.15) is 23.3 Å². The molecule has 10 heteroatoms. The molecule has 0 aliphatic heterocycles. The molecule has 4 aromatic rings. The summed E-state index contributed by atoms with van der Waals surface area (Å²) < 4.78 is 7.25. The van der Waals surface area contributed by atoms with Crippen molar-refractivity contribution in [2.24, 2.45) is 7.05 Å². The molecule has 0 aliphatic carbocycles. The van der Waals surface area contributed by atoms with Gasteiger partial charge in [0.05, 0.1) is 18.1 Å². The average Bonchev–Trinajstić information content (AvgIpc) is 3.17. The van der Waals surface area contributed by atoms with Crippen molar-refractivity contribution in [3.05, 3.63) is 86.7 Å². The molecular weight excluding hydrogens is 388 g/mol. The minimum absolute atomic E-state index is 0.102. The molecule has 3 aromatic heterocycles. The van der Waals surface area contributed by atoms with Crippen LogP contribution in [0.5, 0.6) is 5.75 Å². The summed E-state index contributed by atoms with van der Waals surface area (Å²) in [4.78, 5) is 49.5. The number of rotatable bonds is 5. The standard InChI is InChI=1S/C20H18N6O4/c1-26-8-7-21-17(26)15(12-5-3-4-6-14(12)30-2)23-18(27)11-9-13-16(22-10-11)24-20(29)25-19(13)28/h3-10,15H,1-2H3,(H,23,27)(H2,22,24,25,28,29). The zero-order valence-electron chi connectivity index (χ0n) is 16.2. The summed E-state index contributed by atoms with van der Waals surface area (Å²) >= 11 is 0. The largest absolute Gasteiger partial charge is 0.496 e. The second-order valence-electron chi connectivity index (χ2n) is 6.57. The summed E-state index contributed by atoms with van der Waals surface area (Å²) in [6, 6.07) is 8.08. The van der Waals surface area contributed by atoms with Crippen LogP contribution in [0.3, 0.4) is 0 Å². The molecular formula is C20H18N6O4. The zero-order valence-corrected chi connectivity index (χ0v) is 16.2. The normalized spacial score (nSPS) is 11.9. The Morgan fingerprint density at radius 1 is 1.20 bits per heavy atom. The highest BCUT2D eigenvalue weighted by molar-refractivity contribution is 5.97. The lowest BCUT2D eigenvalue weighted by molar-refractivity contribution is 0.0940. The third-order valence-electron chi connectivity index (χ3n) is 4.70. The quantitative estimate of drug-likeness (QED) is 0.450. The zero-order chi connectivity index (χ0) is 21.3. The fourth-order valence-corrected chi connectivity index (χ4v) is 3.23. The SMILES string of the molecule is COc1ccccc1C(NC(=O)c1cnc2[nH]c(=O)[nH]c(=O)c2c1)c1nccn1C. The maximum Gasteiger partial charge on any atom is 0.327 e. The number of hydrogen-bond acceptors (Lipinski definition) is 6. The molecule has 0 bridgehead atoms. The number of ether oxygens (including phenoxy) is 1. The monoisotopic (exact) mass is 406 g/mol. The first kappa shape index (κ1) is 19.1. The molecule has 1 amide bonds. The van der Waals surface area contributed by atoms with E-state index in [1.54, 1.807) is 30.1 Å². The molecule has 152 valence electrons. The minimum Gasteiger partial charge on any atom is -0.496 e. The van der Waals surface area contributed by atoms with Gasteiger partial charge in [0.2, 0.25) is 0 Å². The van der Waals surface area contributed by atoms with Crippen LogP contribution in [0.15, 0.2) is 58.5 Å². The fraction of sp³-hybridized carbons (Fsp3) is 0.150. The highest BCUT2D eigenvalue weighted by Crippen LogP contribution is 2.29. The van der Waals surface area contributed by atoms with Crippen molar-refractivity contribution in [2.45, 2.75) is 6.04 Å². The number of aromatic amines is 2. The van der Waals surface area contributed by atoms with Crippen LogP contribution in [0.1, 0.15) is 27.8 Å². The molecule has 1 unspecified atom stereocenters. The lowest BCUT2D eigenvalue weighted by atomic mass is 10.0. The number of imidazole rings is 1. The van der Waals surface area contributed by atoms with Gasteiger partial charge in [-0.1, -0.05) is 18.2 Å². The van der Waals surface area contributed by atoms with Crippen molar-refractivity contribution in [1.29, 1.82) is 0 Å². The van der Waals surface area contributed by atoms with Gasteiger partial charge in [0.15, 0.2) is 0 Å². The number of aryl methyl sites for hydroxylation is 1. The molecule has 30 heavy (non-hydrogen) atoms. The Hall–Kier alpha value is -4.21. The van der Waals surface area contributed by atoms with Crippen LogP contribution in [0.25, 0.3) is 11.0 Å². The van der Waals surface area contributed by atoms with Crippen LogP contribution in [-0.4, -0.2) is 37.5 Å². The first-order valence-electron chi connectivity index (χ1n) is 9.01. The van der Waals surface area contributed by atoms with E-state index in [1.165, 1.54) is 12.3 Å². The average molecular weight is 406 g/mol. The summed E-state index contributed by atoms with van der Waals surface area (Å²) in [6.07, 6.45) is 4.71. The predicted molar refractivity (Wildman–Crippen MR) is 108 cm³/mol. The van der Waals surface area contributed by atoms with Crippen LogP contribution in [0.4, 0.5) is 0 Å². The number of para-hydroxylation sites is 1. The molecule has 0 saturated carbocycles. The maximum absolute atomic E-state index is 13.0. The van der Waals surface area contributed by atoms with Gasteiger partial charge in [-0.2, -0.15) is 0 Å². The lowest BCUT2D eigenvalue weighted by Gasteiger charge is -2.21. The van der Waals surface area contributed by atoms with Crippen LogP contribution in [-0.2, 0) is 7.05 Å². The molecule has 3 heterocycles. The number of amides is 1. The summed E-state index contributed by atoms with van der Waals surface area (Å²) in [7, 11) is 3.38. The Labute approximate surface area is 169 Å². The van der Waals surface area contributed by atoms with E-state index < -0.39 is 23.2 Å². The molecule has 4 rings (SSSR count). The Morgan fingerprint density at radius 2 is 2.00 bits per heavy atom. The summed E-state index contributed by atoms with van der Waals surface area (Å²) in [5.41, 5.74) is -0.303. The van der Waals surface area contributed by atoms with Gasteiger partial charge in [0, 0.05) is 31.2 Å². The smallest absolute Gasteiger partial charge is 0.327 e. The van der Waals surface area contributed by atoms with Gasteiger partial charge in [0.25, 0.3) is 11.5 Å². The lowest BCUT2D eigenvalue weighted by Crippen LogP contribution is -2.32. The predicted octanol–water partition coefficient (Wildman–Crippen LogP) is 0.873. The molecule has 0 saturated heterocycles. The number of carbonyl (C=O) groups is 1. The molecule has 1 atom stereocenters. The van der Waals surface area contributed by atoms with Crippen LogP contribution < -0.4 is 21.3 Å². The van der Waals surface area contributed by atoms with Crippen molar-refractivity contribution in [2.75, 3.05) is 7.11 Å². The Balaban J connectivity index is 1.76. The van der Waals surface area contributed by atoms with Crippen LogP contribution >= 0.6 is 0 Å². The summed E-state index contributed by atoms with van der Waals surface area (Å²) in [5.74, 6) is 0.731. The highest BCUT2D eigenvalue weighted by atomic mass is 16.5. The van der Waals surface area contributed by atoms with Crippen molar-refractivity contribution >= 4 is 16.9 Å². The Bertz CT molecular complexity index is 1350. The first-order chi connectivity index (χ1) is 14.5. The Kier molecular flexibility index (Phi) is 4.88. The van der Waals surface area contributed by atoms with Crippen molar-refractivity contribution < 1.29 is 9.53 Å². The second kappa shape index (κ2) is 7.66. The topological polar surface area (TPSA) is 135 Å². The number of fused-ring (bicyclic) bond motifs is 1. The van der Waals surface area contributed by atoms with E-state index in [0.717, 1.165) is 5.56 Å². The number of benzene rings is 1. The van der Waals surface area contributed by atoms with E-state index >= 15 is 0 Å². The van der Waals surface area contributed by atoms with E-state index in [0.29, 0.717) is 11.6 Å². The third kappa shape index (κ3) is 3.46. The number of aromatic nitrogens is 5. The second-order valence-corrected chi connectivity index (χ2v) is 6.57. The number of pyridine rings is 1. The fourth-order valence-electron chi connectivity index (χ4n) is 3.23. The van der Waals surface area contributed by atoms with Gasteiger partial charge >= 0.3 is 5.69 Å². The van der Waals surface area contributed by atoms with Gasteiger partial charge < -0.3 is 14.6 Å². The molecule has 0 aliphatic rings. The number of carbonyl (C=O) groups excluding carboxylic acids is 1. The summed E-state index contributed by atoms with van der Waals surface area (Å²) in [5, 5.41) is 3.04. The Morgan fingerprint density at radius 3 is 2.73 bits per heavy atom.